The van der Waals surface area contributed by atoms with Gasteiger partial charge in [-0.1, -0.05) is 0 Å². The van der Waals surface area contributed by atoms with Crippen molar-refractivity contribution in [2.45, 2.75) is 39.2 Å². The third-order valence-electron chi connectivity index (χ3n) is 4.16. The smallest absolute Gasteiger partial charge is 0.451 e. The number of hydrogen-bond donors (Lipinski definition) is 0. The van der Waals surface area contributed by atoms with Crippen LogP contribution in [0, 0.1) is 0 Å². The van der Waals surface area contributed by atoms with Crippen molar-refractivity contribution < 1.29 is 27.4 Å². The summed E-state index contributed by atoms with van der Waals surface area (Å²) in [4.78, 5) is 21.2. The zero-order valence-corrected chi connectivity index (χ0v) is 15.2. The Morgan fingerprint density at radius 3 is 2.52 bits per heavy atom. The first kappa shape index (κ1) is 19.3. The first-order valence-electron chi connectivity index (χ1n) is 8.65. The number of carbonyl (C=O) groups excluding carboxylic acids is 1. The summed E-state index contributed by atoms with van der Waals surface area (Å²) >= 11 is 0. The van der Waals surface area contributed by atoms with E-state index in [4.69, 9.17) is 9.47 Å². The molecule has 2 aromatic rings. The second kappa shape index (κ2) is 7.30. The van der Waals surface area contributed by atoms with Crippen LogP contribution in [0.1, 0.15) is 37.0 Å². The maximum absolute atomic E-state index is 13.3. The van der Waals surface area contributed by atoms with Gasteiger partial charge in [0.05, 0.1) is 29.9 Å². The van der Waals surface area contributed by atoms with Crippen molar-refractivity contribution in [2.75, 3.05) is 24.6 Å². The molecule has 1 saturated heterocycles. The van der Waals surface area contributed by atoms with Crippen LogP contribution in [0.2, 0.25) is 0 Å². The van der Waals surface area contributed by atoms with Gasteiger partial charge in [-0.3, -0.25) is 0 Å². The van der Waals surface area contributed by atoms with E-state index in [0.717, 1.165) is 0 Å². The fraction of sp³-hybridized carbons (Fsp3) is 0.500. The number of alkyl halides is 3. The quantitative estimate of drug-likeness (QED) is 0.757. The van der Waals surface area contributed by atoms with Gasteiger partial charge in [0.2, 0.25) is 5.82 Å². The standard InChI is InChI=1S/C18H20F3N3O3/c1-4-26-16(25)12-5-6-14-13(7-12)15(23-17(22-14)18(19,20)21)24-8-10(2)27-11(3)9-24/h5-7,10-11H,4,8-9H2,1-3H3/t10-,11+. The van der Waals surface area contributed by atoms with Crippen molar-refractivity contribution in [3.63, 3.8) is 0 Å². The number of fused-ring (bicyclic) bond motifs is 1. The molecular weight excluding hydrogens is 363 g/mol. The van der Waals surface area contributed by atoms with E-state index in [1.165, 1.54) is 18.2 Å². The molecule has 1 aliphatic heterocycles. The predicted octanol–water partition coefficient (Wildman–Crippen LogP) is 3.44. The number of morpholine rings is 1. The molecule has 0 bridgehead atoms. The highest BCUT2D eigenvalue weighted by Gasteiger charge is 2.37. The Kier molecular flexibility index (Phi) is 5.23. The van der Waals surface area contributed by atoms with Crippen LogP contribution in [-0.2, 0) is 15.7 Å². The van der Waals surface area contributed by atoms with Crippen molar-refractivity contribution in [1.29, 1.82) is 0 Å². The Morgan fingerprint density at radius 1 is 1.26 bits per heavy atom. The van der Waals surface area contributed by atoms with E-state index in [1.54, 1.807) is 11.8 Å². The normalized spacial score (nSPS) is 20.7. The largest absolute Gasteiger partial charge is 0.462 e. The lowest BCUT2D eigenvalue weighted by molar-refractivity contribution is -0.144. The van der Waals surface area contributed by atoms with Crippen molar-refractivity contribution in [3.8, 4) is 0 Å². The number of carbonyl (C=O) groups is 1. The molecule has 27 heavy (non-hydrogen) atoms. The molecule has 0 N–H and O–H groups in total. The number of esters is 1. The number of benzene rings is 1. The lowest BCUT2D eigenvalue weighted by atomic mass is 10.1. The third-order valence-corrected chi connectivity index (χ3v) is 4.16. The average molecular weight is 383 g/mol. The molecule has 1 aromatic heterocycles. The van der Waals surface area contributed by atoms with Gasteiger partial charge >= 0.3 is 12.1 Å². The predicted molar refractivity (Wildman–Crippen MR) is 92.7 cm³/mol. The Balaban J connectivity index is 2.16. The number of hydrogen-bond acceptors (Lipinski definition) is 6. The molecule has 146 valence electrons. The zero-order valence-electron chi connectivity index (χ0n) is 15.2. The molecule has 2 heterocycles. The van der Waals surface area contributed by atoms with Gasteiger partial charge in [-0.05, 0) is 39.0 Å². The average Bonchev–Trinajstić information content (AvgIpc) is 2.58. The van der Waals surface area contributed by atoms with Crippen LogP contribution in [0.4, 0.5) is 19.0 Å². The number of rotatable bonds is 3. The van der Waals surface area contributed by atoms with Crippen molar-refractivity contribution in [2.24, 2.45) is 0 Å². The lowest BCUT2D eigenvalue weighted by Crippen LogP contribution is -2.46. The number of aromatic nitrogens is 2. The fourth-order valence-corrected chi connectivity index (χ4v) is 3.17. The van der Waals surface area contributed by atoms with E-state index in [9.17, 15) is 18.0 Å². The second-order valence-corrected chi connectivity index (χ2v) is 6.48. The van der Waals surface area contributed by atoms with E-state index in [-0.39, 0.29) is 35.7 Å². The summed E-state index contributed by atoms with van der Waals surface area (Å²) < 4.78 is 50.5. The first-order valence-corrected chi connectivity index (χ1v) is 8.65. The van der Waals surface area contributed by atoms with Gasteiger partial charge in [-0.15, -0.1) is 0 Å². The summed E-state index contributed by atoms with van der Waals surface area (Å²) in [6.45, 7) is 6.35. The molecule has 0 spiro atoms. The zero-order chi connectivity index (χ0) is 19.8. The van der Waals surface area contributed by atoms with Gasteiger partial charge in [0, 0.05) is 18.5 Å². The van der Waals surface area contributed by atoms with Crippen molar-refractivity contribution in [3.05, 3.63) is 29.6 Å². The highest BCUT2D eigenvalue weighted by Crippen LogP contribution is 2.33. The van der Waals surface area contributed by atoms with E-state index in [1.807, 2.05) is 13.8 Å². The summed E-state index contributed by atoms with van der Waals surface area (Å²) in [6.07, 6.45) is -5.01. The van der Waals surface area contributed by atoms with Crippen LogP contribution >= 0.6 is 0 Å². The van der Waals surface area contributed by atoms with Gasteiger partial charge in [0.1, 0.15) is 5.82 Å². The maximum atomic E-state index is 13.3. The van der Waals surface area contributed by atoms with Crippen LogP contribution in [0.3, 0.4) is 0 Å². The van der Waals surface area contributed by atoms with Gasteiger partial charge in [-0.2, -0.15) is 13.2 Å². The van der Waals surface area contributed by atoms with Crippen molar-refractivity contribution in [1.82, 2.24) is 9.97 Å². The van der Waals surface area contributed by atoms with Gasteiger partial charge < -0.3 is 14.4 Å². The van der Waals surface area contributed by atoms with Crippen LogP contribution < -0.4 is 4.90 Å². The molecule has 6 nitrogen and oxygen atoms in total. The second-order valence-electron chi connectivity index (χ2n) is 6.48. The van der Waals surface area contributed by atoms with E-state index in [2.05, 4.69) is 9.97 Å². The summed E-state index contributed by atoms with van der Waals surface area (Å²) in [5, 5.41) is 0.370. The first-order chi connectivity index (χ1) is 12.7. The number of anilines is 1. The SMILES string of the molecule is CCOC(=O)c1ccc2nc(C(F)(F)F)nc(N3C[C@@H](C)O[C@@H](C)C3)c2c1. The number of halogens is 3. The summed E-state index contributed by atoms with van der Waals surface area (Å²) in [6, 6.07) is 4.27. The van der Waals surface area contributed by atoms with Crippen molar-refractivity contribution >= 4 is 22.7 Å². The fourth-order valence-electron chi connectivity index (χ4n) is 3.17. The molecule has 9 heteroatoms. The lowest BCUT2D eigenvalue weighted by Gasteiger charge is -2.36. The molecule has 1 aliphatic rings. The Hall–Kier alpha value is -2.42. The summed E-state index contributed by atoms with van der Waals surface area (Å²) in [5.74, 6) is -1.62. The maximum Gasteiger partial charge on any atom is 0.451 e. The van der Waals surface area contributed by atoms with E-state index in [0.29, 0.717) is 18.5 Å². The molecule has 1 aromatic carbocycles. The molecule has 3 rings (SSSR count). The minimum absolute atomic E-state index is 0.118. The molecule has 0 aliphatic carbocycles. The van der Waals surface area contributed by atoms with Gasteiger partial charge in [0.15, 0.2) is 0 Å². The highest BCUT2D eigenvalue weighted by atomic mass is 19.4. The molecule has 0 saturated carbocycles. The number of ether oxygens (including phenoxy) is 2. The molecular formula is C18H20F3N3O3. The molecule has 2 atom stereocenters. The summed E-state index contributed by atoms with van der Waals surface area (Å²) in [5.41, 5.74) is 0.357. The topological polar surface area (TPSA) is 64.5 Å². The van der Waals surface area contributed by atoms with Crippen LogP contribution in [0.25, 0.3) is 10.9 Å². The Labute approximate surface area is 154 Å². The highest BCUT2D eigenvalue weighted by molar-refractivity contribution is 5.98. The van der Waals surface area contributed by atoms with Crippen LogP contribution in [0.5, 0.6) is 0 Å². The molecule has 0 unspecified atom stereocenters. The van der Waals surface area contributed by atoms with E-state index >= 15 is 0 Å². The van der Waals surface area contributed by atoms with Gasteiger partial charge in [0.25, 0.3) is 0 Å². The Morgan fingerprint density at radius 2 is 1.93 bits per heavy atom. The minimum atomic E-state index is -4.67. The van der Waals surface area contributed by atoms with Crippen LogP contribution in [0.15, 0.2) is 18.2 Å². The molecule has 0 radical (unpaired) electrons. The number of nitrogens with zero attached hydrogens (tertiary/aromatic N) is 3. The van der Waals surface area contributed by atoms with E-state index < -0.39 is 18.0 Å². The molecule has 1 fully saturated rings. The molecule has 0 amide bonds. The minimum Gasteiger partial charge on any atom is -0.462 e. The van der Waals surface area contributed by atoms with Crippen LogP contribution in [-0.4, -0.2) is 47.8 Å². The third kappa shape index (κ3) is 4.13. The summed E-state index contributed by atoms with van der Waals surface area (Å²) in [7, 11) is 0. The van der Waals surface area contributed by atoms with Gasteiger partial charge in [-0.25, -0.2) is 14.8 Å². The monoisotopic (exact) mass is 383 g/mol. The Bertz CT molecular complexity index is 847.